The quantitative estimate of drug-likeness (QED) is 0.740. The Hall–Kier alpha value is -1.05. The predicted octanol–water partition coefficient (Wildman–Crippen LogP) is 1.21. The molecule has 1 amide bonds. The zero-order valence-electron chi connectivity index (χ0n) is 11.6. The molecule has 0 aromatic heterocycles. The average molecular weight is 316 g/mol. The number of hydrogen-bond donors (Lipinski definition) is 2. The second-order valence-corrected chi connectivity index (χ2v) is 7.70. The molecule has 112 valence electrons. The van der Waals surface area contributed by atoms with Gasteiger partial charge in [0.25, 0.3) is 0 Å². The molecule has 1 rings (SSSR count). The topological polar surface area (TPSA) is 89.3 Å². The maximum Gasteiger partial charge on any atom is 0.233 e. The van der Waals surface area contributed by atoms with Gasteiger partial charge >= 0.3 is 0 Å². The third-order valence-corrected chi connectivity index (χ3v) is 4.89. The average Bonchev–Trinajstić information content (AvgIpc) is 2.35. The van der Waals surface area contributed by atoms with Crippen LogP contribution >= 0.6 is 11.8 Å². The summed E-state index contributed by atoms with van der Waals surface area (Å²) >= 11 is 1.47. The summed E-state index contributed by atoms with van der Waals surface area (Å²) in [5.74, 6) is -0.285. The van der Waals surface area contributed by atoms with E-state index in [4.69, 9.17) is 5.14 Å². The molecular formula is C13H20N2O3S2. The van der Waals surface area contributed by atoms with Crippen LogP contribution in [0.4, 0.5) is 0 Å². The van der Waals surface area contributed by atoms with Crippen LogP contribution in [0.3, 0.4) is 0 Å². The summed E-state index contributed by atoms with van der Waals surface area (Å²) in [6, 6.07) is 9.63. The zero-order valence-corrected chi connectivity index (χ0v) is 13.2. The lowest BCUT2D eigenvalue weighted by Crippen LogP contribution is -2.39. The second-order valence-electron chi connectivity index (χ2n) is 4.75. The highest BCUT2D eigenvalue weighted by molar-refractivity contribution is 8.00. The first kappa shape index (κ1) is 17.0. The Bertz CT molecular complexity index is 530. The molecule has 1 aromatic rings. The summed E-state index contributed by atoms with van der Waals surface area (Å²) in [5, 5.41) is 7.25. The molecule has 20 heavy (non-hydrogen) atoms. The number of primary sulfonamides is 1. The van der Waals surface area contributed by atoms with Gasteiger partial charge in [0.1, 0.15) is 0 Å². The van der Waals surface area contributed by atoms with Crippen LogP contribution in [0.15, 0.2) is 35.2 Å². The summed E-state index contributed by atoms with van der Waals surface area (Å²) in [7, 11) is -3.55. The fourth-order valence-electron chi connectivity index (χ4n) is 1.56. The van der Waals surface area contributed by atoms with Crippen molar-refractivity contribution in [1.82, 2.24) is 5.32 Å². The number of hydrogen-bond acceptors (Lipinski definition) is 4. The highest BCUT2D eigenvalue weighted by Crippen LogP contribution is 2.27. The Morgan fingerprint density at radius 2 is 1.90 bits per heavy atom. The van der Waals surface area contributed by atoms with Crippen molar-refractivity contribution in [2.45, 2.75) is 24.0 Å². The number of nitrogens with one attached hydrogen (secondary N) is 1. The van der Waals surface area contributed by atoms with Crippen LogP contribution in [-0.4, -0.2) is 31.9 Å². The van der Waals surface area contributed by atoms with Gasteiger partial charge in [0, 0.05) is 11.4 Å². The number of carbonyl (C=O) groups is 1. The number of nitrogens with two attached hydrogens (primary N) is 1. The first-order valence-corrected chi connectivity index (χ1v) is 8.89. The third kappa shape index (κ3) is 6.40. The lowest BCUT2D eigenvalue weighted by atomic mass is 10.1. The van der Waals surface area contributed by atoms with Crippen molar-refractivity contribution < 1.29 is 13.2 Å². The second kappa shape index (κ2) is 7.66. The Morgan fingerprint density at radius 1 is 1.30 bits per heavy atom. The summed E-state index contributed by atoms with van der Waals surface area (Å²) in [6.45, 7) is 3.95. The van der Waals surface area contributed by atoms with Gasteiger partial charge in [-0.1, -0.05) is 32.0 Å². The van der Waals surface area contributed by atoms with Gasteiger partial charge in [0.05, 0.1) is 11.0 Å². The van der Waals surface area contributed by atoms with Crippen molar-refractivity contribution in [3.63, 3.8) is 0 Å². The van der Waals surface area contributed by atoms with Crippen molar-refractivity contribution in [3.8, 4) is 0 Å². The number of rotatable bonds is 7. The molecule has 0 bridgehead atoms. The van der Waals surface area contributed by atoms with Crippen molar-refractivity contribution in [2.75, 3.05) is 12.3 Å². The predicted molar refractivity (Wildman–Crippen MR) is 81.9 cm³/mol. The molecule has 0 aliphatic carbocycles. The van der Waals surface area contributed by atoms with Crippen LogP contribution in [-0.2, 0) is 14.8 Å². The molecule has 3 N–H and O–H groups in total. The maximum absolute atomic E-state index is 12.1. The van der Waals surface area contributed by atoms with Gasteiger partial charge in [0.15, 0.2) is 0 Å². The number of thioether (sulfide) groups is 1. The van der Waals surface area contributed by atoms with Crippen molar-refractivity contribution in [3.05, 3.63) is 30.3 Å². The van der Waals surface area contributed by atoms with Crippen LogP contribution in [0.1, 0.15) is 13.8 Å². The zero-order chi connectivity index (χ0) is 15.2. The highest BCUT2D eigenvalue weighted by atomic mass is 32.2. The van der Waals surface area contributed by atoms with Crippen molar-refractivity contribution in [1.29, 1.82) is 0 Å². The van der Waals surface area contributed by atoms with Crippen LogP contribution < -0.4 is 10.5 Å². The fraction of sp³-hybridized carbons (Fsp3) is 0.462. The van der Waals surface area contributed by atoms with Gasteiger partial charge in [-0.05, 0) is 18.1 Å². The molecule has 0 aliphatic heterocycles. The lowest BCUT2D eigenvalue weighted by Gasteiger charge is -2.19. The summed E-state index contributed by atoms with van der Waals surface area (Å²) in [4.78, 5) is 13.1. The van der Waals surface area contributed by atoms with E-state index >= 15 is 0 Å². The number of sulfonamides is 1. The molecule has 5 nitrogen and oxygen atoms in total. The maximum atomic E-state index is 12.1. The molecule has 0 radical (unpaired) electrons. The van der Waals surface area contributed by atoms with Gasteiger partial charge in [-0.15, -0.1) is 11.8 Å². The molecule has 0 heterocycles. The van der Waals surface area contributed by atoms with Gasteiger partial charge in [0.2, 0.25) is 15.9 Å². The largest absolute Gasteiger partial charge is 0.354 e. The molecule has 0 saturated carbocycles. The Kier molecular flexibility index (Phi) is 6.51. The minimum Gasteiger partial charge on any atom is -0.354 e. The SMILES string of the molecule is CC(C)C(Sc1ccccc1)C(=O)NCCS(N)(=O)=O. The summed E-state index contributed by atoms with van der Waals surface area (Å²) in [6.07, 6.45) is 0. The van der Waals surface area contributed by atoms with E-state index < -0.39 is 10.0 Å². The monoisotopic (exact) mass is 316 g/mol. The molecule has 1 unspecified atom stereocenters. The lowest BCUT2D eigenvalue weighted by molar-refractivity contribution is -0.121. The van der Waals surface area contributed by atoms with Crippen LogP contribution in [0.5, 0.6) is 0 Å². The van der Waals surface area contributed by atoms with E-state index in [1.54, 1.807) is 0 Å². The summed E-state index contributed by atoms with van der Waals surface area (Å²) < 4.78 is 21.7. The molecule has 0 fully saturated rings. The Balaban J connectivity index is 2.60. The minimum atomic E-state index is -3.55. The van der Waals surface area contributed by atoms with Crippen LogP contribution in [0, 0.1) is 5.92 Å². The minimum absolute atomic E-state index is 0.0379. The summed E-state index contributed by atoms with van der Waals surface area (Å²) in [5.41, 5.74) is 0. The Morgan fingerprint density at radius 3 is 2.40 bits per heavy atom. The number of carbonyl (C=O) groups excluding carboxylic acids is 1. The van der Waals surface area contributed by atoms with E-state index in [1.165, 1.54) is 11.8 Å². The van der Waals surface area contributed by atoms with Gasteiger partial charge < -0.3 is 5.32 Å². The fourth-order valence-corrected chi connectivity index (χ4v) is 3.01. The molecular weight excluding hydrogens is 296 g/mol. The van der Waals surface area contributed by atoms with Gasteiger partial charge in [-0.25, -0.2) is 13.6 Å². The smallest absolute Gasteiger partial charge is 0.233 e. The van der Waals surface area contributed by atoms with E-state index in [1.807, 2.05) is 44.2 Å². The normalized spacial score (nSPS) is 13.2. The van der Waals surface area contributed by atoms with E-state index in [2.05, 4.69) is 5.32 Å². The number of benzene rings is 1. The molecule has 1 aromatic carbocycles. The standard InChI is InChI=1S/C13H20N2O3S2/c1-10(2)12(19-11-6-4-3-5-7-11)13(16)15-8-9-20(14,17)18/h3-7,10,12H,8-9H2,1-2H3,(H,15,16)(H2,14,17,18). The first-order chi connectivity index (χ1) is 9.29. The van der Waals surface area contributed by atoms with Gasteiger partial charge in [-0.3, -0.25) is 4.79 Å². The first-order valence-electron chi connectivity index (χ1n) is 6.29. The third-order valence-electron chi connectivity index (χ3n) is 2.56. The molecule has 0 saturated heterocycles. The van der Waals surface area contributed by atoms with Crippen LogP contribution in [0.25, 0.3) is 0 Å². The van der Waals surface area contributed by atoms with E-state index in [0.717, 1.165) is 4.90 Å². The number of amides is 1. The van der Waals surface area contributed by atoms with E-state index in [0.29, 0.717) is 0 Å². The van der Waals surface area contributed by atoms with Gasteiger partial charge in [-0.2, -0.15) is 0 Å². The molecule has 1 atom stereocenters. The van der Waals surface area contributed by atoms with E-state index in [9.17, 15) is 13.2 Å². The molecule has 0 aliphatic rings. The van der Waals surface area contributed by atoms with Crippen LogP contribution in [0.2, 0.25) is 0 Å². The van der Waals surface area contributed by atoms with E-state index in [-0.39, 0.29) is 29.4 Å². The molecule has 7 heteroatoms. The molecule has 0 spiro atoms. The Labute approximate surface area is 124 Å². The van der Waals surface area contributed by atoms with Crippen molar-refractivity contribution >= 4 is 27.7 Å². The highest BCUT2D eigenvalue weighted by Gasteiger charge is 2.23. The van der Waals surface area contributed by atoms with Crippen molar-refractivity contribution in [2.24, 2.45) is 11.1 Å².